The number of methoxy groups -OCH3 is 2. The van der Waals surface area contributed by atoms with Gasteiger partial charge in [-0.15, -0.1) is 0 Å². The van der Waals surface area contributed by atoms with Crippen molar-refractivity contribution in [1.82, 2.24) is 0 Å². The number of ether oxygens (including phenoxy) is 2. The van der Waals surface area contributed by atoms with E-state index in [1.807, 2.05) is 0 Å². The van der Waals surface area contributed by atoms with Gasteiger partial charge in [-0.05, 0) is 32.9 Å². The lowest BCUT2D eigenvalue weighted by atomic mass is 9.94. The summed E-state index contributed by atoms with van der Waals surface area (Å²) in [6.45, 7) is 4.71. The molecule has 0 aliphatic carbocycles. The van der Waals surface area contributed by atoms with Crippen molar-refractivity contribution in [2.75, 3.05) is 14.2 Å². The van der Waals surface area contributed by atoms with Crippen molar-refractivity contribution in [1.29, 1.82) is 0 Å². The SMILES string of the molecule is COc1ccc(C(=O)C(C)(C)O)c(OC)c1C. The maximum absolute atomic E-state index is 12.0. The molecule has 0 radical (unpaired) electrons. The van der Waals surface area contributed by atoms with Crippen LogP contribution in [-0.2, 0) is 0 Å². The molecule has 94 valence electrons. The molecule has 0 fully saturated rings. The maximum atomic E-state index is 12.0. The second-order valence-electron chi connectivity index (χ2n) is 4.36. The third-order valence-electron chi connectivity index (χ3n) is 2.58. The highest BCUT2D eigenvalue weighted by molar-refractivity contribution is 6.04. The third kappa shape index (κ3) is 2.58. The van der Waals surface area contributed by atoms with E-state index < -0.39 is 5.60 Å². The predicted octanol–water partition coefficient (Wildman–Crippen LogP) is 1.97. The molecule has 1 rings (SSSR count). The molecule has 0 spiro atoms. The normalized spacial score (nSPS) is 11.2. The van der Waals surface area contributed by atoms with Gasteiger partial charge in [0.05, 0.1) is 19.8 Å². The second kappa shape index (κ2) is 4.75. The van der Waals surface area contributed by atoms with Gasteiger partial charge in [-0.3, -0.25) is 4.79 Å². The van der Waals surface area contributed by atoms with Crippen molar-refractivity contribution in [2.45, 2.75) is 26.4 Å². The molecule has 0 heterocycles. The topological polar surface area (TPSA) is 55.8 Å². The summed E-state index contributed by atoms with van der Waals surface area (Å²) in [6, 6.07) is 3.29. The van der Waals surface area contributed by atoms with E-state index >= 15 is 0 Å². The van der Waals surface area contributed by atoms with Gasteiger partial charge in [-0.2, -0.15) is 0 Å². The minimum atomic E-state index is -1.42. The molecular weight excluding hydrogens is 220 g/mol. The van der Waals surface area contributed by atoms with E-state index in [2.05, 4.69) is 0 Å². The first-order valence-electron chi connectivity index (χ1n) is 5.31. The predicted molar refractivity (Wildman–Crippen MR) is 64.9 cm³/mol. The molecule has 0 aliphatic rings. The van der Waals surface area contributed by atoms with E-state index in [1.54, 1.807) is 26.2 Å². The molecule has 0 unspecified atom stereocenters. The molecule has 1 aromatic rings. The van der Waals surface area contributed by atoms with Crippen molar-refractivity contribution in [3.05, 3.63) is 23.3 Å². The van der Waals surface area contributed by atoms with E-state index in [1.165, 1.54) is 21.0 Å². The van der Waals surface area contributed by atoms with Crippen molar-refractivity contribution < 1.29 is 19.4 Å². The number of hydrogen-bond acceptors (Lipinski definition) is 4. The minimum absolute atomic E-state index is 0.360. The third-order valence-corrected chi connectivity index (χ3v) is 2.58. The van der Waals surface area contributed by atoms with Crippen molar-refractivity contribution in [3.8, 4) is 11.5 Å². The Balaban J connectivity index is 3.36. The van der Waals surface area contributed by atoms with Crippen LogP contribution in [0.5, 0.6) is 11.5 Å². The first kappa shape index (κ1) is 13.5. The van der Waals surface area contributed by atoms with Crippen molar-refractivity contribution in [3.63, 3.8) is 0 Å². The van der Waals surface area contributed by atoms with Crippen LogP contribution in [0, 0.1) is 6.92 Å². The Morgan fingerprint density at radius 1 is 1.24 bits per heavy atom. The number of Topliss-reactive ketones (excluding diaryl/α,β-unsaturated/α-hetero) is 1. The molecule has 0 aliphatic heterocycles. The van der Waals surface area contributed by atoms with Gasteiger partial charge in [-0.25, -0.2) is 0 Å². The molecule has 17 heavy (non-hydrogen) atoms. The fourth-order valence-electron chi connectivity index (χ4n) is 1.67. The highest BCUT2D eigenvalue weighted by Crippen LogP contribution is 2.33. The van der Waals surface area contributed by atoms with Crippen LogP contribution in [0.2, 0.25) is 0 Å². The summed E-state index contributed by atoms with van der Waals surface area (Å²) in [6.07, 6.45) is 0. The highest BCUT2D eigenvalue weighted by Gasteiger charge is 2.29. The molecule has 4 heteroatoms. The van der Waals surface area contributed by atoms with Crippen LogP contribution in [0.15, 0.2) is 12.1 Å². The first-order chi connectivity index (χ1) is 7.82. The molecule has 0 saturated carbocycles. The lowest BCUT2D eigenvalue weighted by molar-refractivity contribution is 0.0484. The van der Waals surface area contributed by atoms with Crippen LogP contribution in [-0.4, -0.2) is 30.7 Å². The van der Waals surface area contributed by atoms with Gasteiger partial charge >= 0.3 is 0 Å². The van der Waals surface area contributed by atoms with E-state index in [0.717, 1.165) is 5.56 Å². The number of benzene rings is 1. The molecule has 0 aromatic heterocycles. The summed E-state index contributed by atoms with van der Waals surface area (Å²) < 4.78 is 10.4. The molecule has 0 amide bonds. The van der Waals surface area contributed by atoms with Gasteiger partial charge in [0.1, 0.15) is 17.1 Å². The maximum Gasteiger partial charge on any atom is 0.197 e. The quantitative estimate of drug-likeness (QED) is 0.815. The van der Waals surface area contributed by atoms with E-state index in [-0.39, 0.29) is 5.78 Å². The second-order valence-corrected chi connectivity index (χ2v) is 4.36. The average molecular weight is 238 g/mol. The highest BCUT2D eigenvalue weighted by atomic mass is 16.5. The van der Waals surface area contributed by atoms with Crippen molar-refractivity contribution in [2.24, 2.45) is 0 Å². The number of rotatable bonds is 4. The number of ketones is 1. The smallest absolute Gasteiger partial charge is 0.197 e. The van der Waals surface area contributed by atoms with Crippen LogP contribution >= 0.6 is 0 Å². The fourth-order valence-corrected chi connectivity index (χ4v) is 1.67. The number of carbonyl (C=O) groups excluding carboxylic acids is 1. The Kier molecular flexibility index (Phi) is 3.78. The molecule has 4 nitrogen and oxygen atoms in total. The number of carbonyl (C=O) groups is 1. The Labute approximate surface area is 101 Å². The molecule has 0 bridgehead atoms. The van der Waals surface area contributed by atoms with Gasteiger partial charge in [0.15, 0.2) is 5.78 Å². The standard InChI is InChI=1S/C13H18O4/c1-8-10(16-4)7-6-9(11(8)17-5)12(14)13(2,3)15/h6-7,15H,1-5H3. The average Bonchev–Trinajstić information content (AvgIpc) is 2.26. The summed E-state index contributed by atoms with van der Waals surface area (Å²) in [4.78, 5) is 12.0. The molecule has 0 atom stereocenters. The Bertz CT molecular complexity index is 430. The first-order valence-corrected chi connectivity index (χ1v) is 5.31. The summed E-state index contributed by atoms with van der Waals surface area (Å²) in [5, 5.41) is 9.74. The minimum Gasteiger partial charge on any atom is -0.496 e. The Hall–Kier alpha value is -1.55. The van der Waals surface area contributed by atoms with E-state index in [9.17, 15) is 9.90 Å². The number of hydrogen-bond donors (Lipinski definition) is 1. The molecule has 1 N–H and O–H groups in total. The molecular formula is C13H18O4. The number of aliphatic hydroxyl groups is 1. The zero-order chi connectivity index (χ0) is 13.2. The van der Waals surface area contributed by atoms with Gasteiger partial charge in [0, 0.05) is 5.56 Å². The zero-order valence-electron chi connectivity index (χ0n) is 10.8. The van der Waals surface area contributed by atoms with Crippen LogP contribution < -0.4 is 9.47 Å². The van der Waals surface area contributed by atoms with Gasteiger partial charge in [0.25, 0.3) is 0 Å². The van der Waals surface area contributed by atoms with Crippen molar-refractivity contribution >= 4 is 5.78 Å². The molecule has 0 saturated heterocycles. The van der Waals surface area contributed by atoms with E-state index in [0.29, 0.717) is 17.1 Å². The van der Waals surface area contributed by atoms with Crippen LogP contribution in [0.25, 0.3) is 0 Å². The van der Waals surface area contributed by atoms with E-state index in [4.69, 9.17) is 9.47 Å². The van der Waals surface area contributed by atoms with Crippen LogP contribution in [0.1, 0.15) is 29.8 Å². The largest absolute Gasteiger partial charge is 0.496 e. The molecule has 1 aromatic carbocycles. The van der Waals surface area contributed by atoms with Gasteiger partial charge in [-0.1, -0.05) is 0 Å². The summed E-state index contributed by atoms with van der Waals surface area (Å²) in [5.74, 6) is 0.714. The van der Waals surface area contributed by atoms with Gasteiger partial charge in [0.2, 0.25) is 0 Å². The summed E-state index contributed by atoms with van der Waals surface area (Å²) >= 11 is 0. The van der Waals surface area contributed by atoms with Gasteiger partial charge < -0.3 is 14.6 Å². The van der Waals surface area contributed by atoms with Crippen LogP contribution in [0.3, 0.4) is 0 Å². The fraction of sp³-hybridized carbons (Fsp3) is 0.462. The Morgan fingerprint density at radius 2 is 1.82 bits per heavy atom. The monoisotopic (exact) mass is 238 g/mol. The van der Waals surface area contributed by atoms with Crippen LogP contribution in [0.4, 0.5) is 0 Å². The zero-order valence-corrected chi connectivity index (χ0v) is 10.8. The summed E-state index contributed by atoms with van der Waals surface area (Å²) in [5.41, 5.74) is -0.322. The lowest BCUT2D eigenvalue weighted by Gasteiger charge is -2.19. The summed E-state index contributed by atoms with van der Waals surface area (Å²) in [7, 11) is 3.04. The lowest BCUT2D eigenvalue weighted by Crippen LogP contribution is -2.31. The Morgan fingerprint density at radius 3 is 2.24 bits per heavy atom.